The summed E-state index contributed by atoms with van der Waals surface area (Å²) >= 11 is 0. The molecule has 0 saturated heterocycles. The van der Waals surface area contributed by atoms with Crippen LogP contribution < -0.4 is 11.1 Å². The van der Waals surface area contributed by atoms with Crippen LogP contribution in [0.5, 0.6) is 5.75 Å². The highest BCUT2D eigenvalue weighted by Gasteiger charge is 2.77. The van der Waals surface area contributed by atoms with E-state index < -0.39 is 65.5 Å². The number of benzene rings is 2. The molecular weight excluding hydrogens is 644 g/mol. The first-order valence-corrected chi connectivity index (χ1v) is 16.6. The summed E-state index contributed by atoms with van der Waals surface area (Å²) in [7, 11) is 0. The molecule has 5 N–H and O–H groups in total. The molecule has 0 heterocycles. The van der Waals surface area contributed by atoms with Crippen LogP contribution >= 0.6 is 0 Å². The Balaban J connectivity index is 1.48. The number of phenols is 1. The molecule has 1 spiro atoms. The number of amides is 1. The number of fused-ring (bicyclic) bond motifs is 3. The first-order valence-electron chi connectivity index (χ1n) is 16.6. The summed E-state index contributed by atoms with van der Waals surface area (Å²) < 4.78 is 17.5. The minimum Gasteiger partial charge on any atom is -0.506 e. The minimum atomic E-state index is -2.34. The second kappa shape index (κ2) is 12.1. The van der Waals surface area contributed by atoms with Crippen molar-refractivity contribution in [3.8, 4) is 5.75 Å². The number of nitrogen functional groups attached to an aromatic ring is 1. The first kappa shape index (κ1) is 34.9. The highest BCUT2D eigenvalue weighted by atomic mass is 16.6. The second-order valence-corrected chi connectivity index (χ2v) is 14.6. The van der Waals surface area contributed by atoms with Gasteiger partial charge in [0.2, 0.25) is 0 Å². The van der Waals surface area contributed by atoms with Crippen LogP contribution in [0.4, 0.5) is 11.4 Å². The number of allylic oxidation sites excluding steroid dienone is 1. The van der Waals surface area contributed by atoms with Crippen molar-refractivity contribution in [3.05, 3.63) is 76.9 Å². The number of Topliss-reactive ketones (excluding diaryl/α,β-unsaturated/α-hetero) is 1. The lowest BCUT2D eigenvalue weighted by Crippen LogP contribution is -2.66. The zero-order chi connectivity index (χ0) is 36.5. The van der Waals surface area contributed by atoms with E-state index in [0.717, 1.165) is 0 Å². The summed E-state index contributed by atoms with van der Waals surface area (Å²) in [6.45, 7) is 9.72. The van der Waals surface area contributed by atoms with E-state index in [0.29, 0.717) is 12.0 Å². The monoisotopic (exact) mass is 686 g/mol. The molecule has 0 radical (unpaired) electrons. The maximum absolute atomic E-state index is 15.0. The van der Waals surface area contributed by atoms with Gasteiger partial charge in [0.25, 0.3) is 5.91 Å². The van der Waals surface area contributed by atoms with Crippen LogP contribution in [0.25, 0.3) is 0 Å². The van der Waals surface area contributed by atoms with Crippen LogP contribution in [0.3, 0.4) is 0 Å². The van der Waals surface area contributed by atoms with Crippen molar-refractivity contribution >= 4 is 41.0 Å². The fourth-order valence-corrected chi connectivity index (χ4v) is 8.96. The molecule has 4 aliphatic carbocycles. The number of hydrogen-bond donors (Lipinski definition) is 4. The van der Waals surface area contributed by atoms with Crippen LogP contribution in [-0.4, -0.2) is 64.2 Å². The number of ketones is 1. The van der Waals surface area contributed by atoms with Gasteiger partial charge in [0.1, 0.15) is 12.4 Å². The van der Waals surface area contributed by atoms with Gasteiger partial charge in [0.15, 0.2) is 23.6 Å². The molecule has 6 rings (SSSR count). The number of nitrogens with one attached hydrogen (secondary N) is 1. The van der Waals surface area contributed by atoms with Gasteiger partial charge < -0.3 is 35.5 Å². The fourth-order valence-electron chi connectivity index (χ4n) is 8.96. The van der Waals surface area contributed by atoms with Gasteiger partial charge in [0, 0.05) is 25.3 Å². The number of para-hydroxylation sites is 2. The van der Waals surface area contributed by atoms with E-state index in [2.05, 4.69) is 19.2 Å². The predicted octanol–water partition coefficient (Wildman–Crippen LogP) is 4.36. The van der Waals surface area contributed by atoms with E-state index >= 15 is 4.79 Å². The molecule has 8 atom stereocenters. The van der Waals surface area contributed by atoms with Gasteiger partial charge in [0.05, 0.1) is 27.9 Å². The highest BCUT2D eigenvalue weighted by molar-refractivity contribution is 6.11. The third-order valence-corrected chi connectivity index (χ3v) is 11.4. The lowest BCUT2D eigenvalue weighted by molar-refractivity contribution is -0.203. The maximum atomic E-state index is 15.0. The number of aromatic hydroxyl groups is 1. The zero-order valence-electron chi connectivity index (χ0n) is 28.8. The molecule has 2 bridgehead atoms. The quantitative estimate of drug-likeness (QED) is 0.106. The topological polar surface area (TPSA) is 192 Å². The summed E-state index contributed by atoms with van der Waals surface area (Å²) in [6, 6.07) is 10.2. The van der Waals surface area contributed by atoms with Crippen molar-refractivity contribution in [2.24, 2.45) is 34.5 Å². The van der Waals surface area contributed by atoms with Crippen LogP contribution in [-0.2, 0) is 28.6 Å². The molecule has 2 fully saturated rings. The minimum absolute atomic E-state index is 0.0332. The Morgan fingerprint density at radius 2 is 1.66 bits per heavy atom. The van der Waals surface area contributed by atoms with Crippen LogP contribution in [0.1, 0.15) is 68.7 Å². The summed E-state index contributed by atoms with van der Waals surface area (Å²) in [5, 5.41) is 25.9. The Kier molecular flexibility index (Phi) is 8.45. The molecule has 1 amide bonds. The van der Waals surface area contributed by atoms with E-state index in [1.165, 1.54) is 44.2 Å². The number of hydrogen-bond acceptors (Lipinski definition) is 11. The van der Waals surface area contributed by atoms with Crippen molar-refractivity contribution in [2.75, 3.05) is 17.7 Å². The Bertz CT molecular complexity index is 1880. The number of esters is 3. The summed E-state index contributed by atoms with van der Waals surface area (Å²) in [5.41, 5.74) is 2.06. The molecular formula is C38H42N2O10. The third kappa shape index (κ3) is 5.19. The molecule has 12 heteroatoms. The molecule has 264 valence electrons. The highest BCUT2D eigenvalue weighted by Crippen LogP contribution is 2.72. The van der Waals surface area contributed by atoms with Crippen molar-refractivity contribution in [1.29, 1.82) is 0 Å². The fraction of sp³-hybridized carbons (Fsp3) is 0.447. The Morgan fingerprint density at radius 1 is 0.980 bits per heavy atom. The number of rotatable bonds is 7. The van der Waals surface area contributed by atoms with E-state index in [4.69, 9.17) is 19.9 Å². The lowest BCUT2D eigenvalue weighted by Gasteiger charge is -2.49. The number of anilines is 2. The number of ether oxygens (including phenoxy) is 3. The molecule has 12 nitrogen and oxygen atoms in total. The van der Waals surface area contributed by atoms with E-state index in [1.807, 2.05) is 6.92 Å². The van der Waals surface area contributed by atoms with Crippen molar-refractivity contribution in [1.82, 2.24) is 0 Å². The van der Waals surface area contributed by atoms with Gasteiger partial charge in [-0.15, -0.1) is 0 Å². The SMILES string of the molecule is CC(=O)OCC1=C[C@@H]2C(=O)[C@]3(C=C(C)[C@H](OC(C)=O)[C@@]3(O)[C@@H]1OC(=O)c1ccccc1NC(=O)c1cccc(O)c1N)[C@H](C)C[C@@H]1[C@H]2C1(C)C. The van der Waals surface area contributed by atoms with Gasteiger partial charge in [-0.1, -0.05) is 51.1 Å². The maximum Gasteiger partial charge on any atom is 0.340 e. The Hall–Kier alpha value is -4.97. The normalized spacial score (nSPS) is 31.8. The lowest BCUT2D eigenvalue weighted by atomic mass is 9.59. The average Bonchev–Trinajstić information content (AvgIpc) is 3.54. The Morgan fingerprint density at radius 3 is 2.34 bits per heavy atom. The van der Waals surface area contributed by atoms with E-state index in [1.54, 1.807) is 31.2 Å². The van der Waals surface area contributed by atoms with Gasteiger partial charge >= 0.3 is 17.9 Å². The summed E-state index contributed by atoms with van der Waals surface area (Å²) in [5.74, 6) is -4.77. The predicted molar refractivity (Wildman–Crippen MR) is 181 cm³/mol. The average molecular weight is 687 g/mol. The van der Waals surface area contributed by atoms with Gasteiger partial charge in [-0.05, 0) is 66.4 Å². The van der Waals surface area contributed by atoms with Crippen molar-refractivity contribution in [3.63, 3.8) is 0 Å². The smallest absolute Gasteiger partial charge is 0.340 e. The van der Waals surface area contributed by atoms with Crippen LogP contribution in [0, 0.1) is 34.5 Å². The molecule has 0 aliphatic heterocycles. The van der Waals surface area contributed by atoms with Crippen LogP contribution in [0.2, 0.25) is 0 Å². The first-order chi connectivity index (χ1) is 23.5. The molecule has 2 saturated carbocycles. The molecule has 2 aromatic carbocycles. The largest absolute Gasteiger partial charge is 0.506 e. The second-order valence-electron chi connectivity index (χ2n) is 14.6. The van der Waals surface area contributed by atoms with Gasteiger partial charge in [-0.2, -0.15) is 0 Å². The molecule has 4 aliphatic rings. The number of carbonyl (C=O) groups is 5. The van der Waals surface area contributed by atoms with E-state index in [9.17, 15) is 29.4 Å². The molecule has 0 unspecified atom stereocenters. The Labute approximate surface area is 289 Å². The van der Waals surface area contributed by atoms with Gasteiger partial charge in [-0.25, -0.2) is 4.79 Å². The number of nitrogens with two attached hydrogens (primary N) is 1. The molecule has 50 heavy (non-hydrogen) atoms. The van der Waals surface area contributed by atoms with Crippen LogP contribution in [0.15, 0.2) is 65.8 Å². The number of carbonyl (C=O) groups excluding carboxylic acids is 5. The standard InChI is InChI=1S/C38H42N2O10/c1-18-16-37-19(2)14-26-29(36(26,5)6)25(31(37)44)15-22(17-48-20(3)41)33(38(37,47)32(18)49-21(4)42)50-35(46)23-10-7-8-12-27(23)40-34(45)24-11-9-13-28(43)30(24)39/h7-13,15-16,19,25-26,29,32-33,43,47H,14,17,39H2,1-6H3,(H,40,45)/t19-,25+,26-,29+,32+,33-,37+,38-/m1/s1. The molecule has 0 aromatic heterocycles. The van der Waals surface area contributed by atoms with Crippen molar-refractivity contribution < 1.29 is 48.4 Å². The third-order valence-electron chi connectivity index (χ3n) is 11.4. The van der Waals surface area contributed by atoms with E-state index in [-0.39, 0.29) is 56.9 Å². The van der Waals surface area contributed by atoms with Gasteiger partial charge in [-0.3, -0.25) is 19.2 Å². The molecule has 2 aromatic rings. The number of phenolic OH excluding ortho intramolecular Hbond substituents is 1. The zero-order valence-corrected chi connectivity index (χ0v) is 28.8. The summed E-state index contributed by atoms with van der Waals surface area (Å²) in [4.78, 5) is 67.3. The van der Waals surface area contributed by atoms with Crippen molar-refractivity contribution in [2.45, 2.75) is 65.8 Å². The number of aliphatic hydroxyl groups is 1. The summed E-state index contributed by atoms with van der Waals surface area (Å²) in [6.07, 6.45) is 0.885.